The Balaban J connectivity index is 2.61. The monoisotopic (exact) mass is 247 g/mol. The highest BCUT2D eigenvalue weighted by Gasteiger charge is 2.08. The van der Waals surface area contributed by atoms with Crippen molar-refractivity contribution in [3.05, 3.63) is 28.6 Å². The molecule has 0 saturated heterocycles. The van der Waals surface area contributed by atoms with Crippen LogP contribution >= 0.6 is 15.9 Å². The lowest BCUT2D eigenvalue weighted by Crippen LogP contribution is -1.91. The maximum atomic E-state index is 12.2. The van der Waals surface area contributed by atoms with Crippen molar-refractivity contribution in [1.82, 2.24) is 14.6 Å². The highest BCUT2D eigenvalue weighted by molar-refractivity contribution is 9.10. The lowest BCUT2D eigenvalue weighted by Gasteiger charge is -1.98. The lowest BCUT2D eigenvalue weighted by molar-refractivity contribution is 0.150. The van der Waals surface area contributed by atoms with Gasteiger partial charge in [0.25, 0.3) is 6.43 Å². The third-order valence-electron chi connectivity index (χ3n) is 1.58. The Morgan fingerprint density at radius 2 is 2.15 bits per heavy atom. The Labute approximate surface area is 80.5 Å². The molecule has 0 spiro atoms. The number of aromatic nitrogens is 3. The predicted octanol–water partition coefficient (Wildman–Crippen LogP) is 2.43. The van der Waals surface area contributed by atoms with E-state index in [1.54, 1.807) is 0 Å². The fourth-order valence-corrected chi connectivity index (χ4v) is 1.35. The second kappa shape index (κ2) is 3.02. The summed E-state index contributed by atoms with van der Waals surface area (Å²) in [6.07, 6.45) is -1.22. The molecular formula is C7H4BrF2N3. The third-order valence-corrected chi connectivity index (χ3v) is 1.92. The van der Waals surface area contributed by atoms with Crippen LogP contribution in [0, 0.1) is 0 Å². The van der Waals surface area contributed by atoms with E-state index in [0.29, 0.717) is 10.4 Å². The molecule has 0 atom stereocenters. The number of halogens is 3. The summed E-state index contributed by atoms with van der Waals surface area (Å²) < 4.78 is 26.2. The van der Waals surface area contributed by atoms with Crippen LogP contribution in [0.2, 0.25) is 0 Å². The van der Waals surface area contributed by atoms with E-state index in [0.717, 1.165) is 0 Å². The first-order chi connectivity index (χ1) is 6.16. The fraction of sp³-hybridized carbons (Fsp3) is 0.143. The van der Waals surface area contributed by atoms with Crippen LogP contribution in [-0.2, 0) is 0 Å². The Morgan fingerprint density at radius 1 is 1.38 bits per heavy atom. The van der Waals surface area contributed by atoms with E-state index < -0.39 is 6.43 Å². The van der Waals surface area contributed by atoms with E-state index in [9.17, 15) is 8.78 Å². The number of rotatable bonds is 1. The molecule has 0 fully saturated rings. The van der Waals surface area contributed by atoms with Crippen LogP contribution in [0.4, 0.5) is 8.78 Å². The minimum Gasteiger partial charge on any atom is -0.220 e. The molecule has 0 aliphatic carbocycles. The summed E-state index contributed by atoms with van der Waals surface area (Å²) in [5, 5.41) is 3.85. The molecule has 0 aromatic carbocycles. The van der Waals surface area contributed by atoms with Crippen molar-refractivity contribution in [2.45, 2.75) is 6.43 Å². The van der Waals surface area contributed by atoms with Gasteiger partial charge >= 0.3 is 0 Å². The molecular weight excluding hydrogens is 244 g/mol. The number of fused-ring (bicyclic) bond motifs is 1. The highest BCUT2D eigenvalue weighted by Crippen LogP contribution is 2.18. The van der Waals surface area contributed by atoms with Crippen LogP contribution in [0.25, 0.3) is 5.65 Å². The molecule has 2 aromatic rings. The number of alkyl halides is 2. The van der Waals surface area contributed by atoms with Crippen molar-refractivity contribution in [3.8, 4) is 0 Å². The molecule has 6 heteroatoms. The zero-order chi connectivity index (χ0) is 9.42. The van der Waals surface area contributed by atoms with Gasteiger partial charge in [-0.1, -0.05) is 0 Å². The first kappa shape index (κ1) is 8.55. The molecule has 0 aliphatic rings. The van der Waals surface area contributed by atoms with E-state index in [1.807, 2.05) is 0 Å². The number of pyridine rings is 1. The van der Waals surface area contributed by atoms with E-state index >= 15 is 0 Å². The molecule has 0 aliphatic heterocycles. The highest BCUT2D eigenvalue weighted by atomic mass is 79.9. The molecule has 13 heavy (non-hydrogen) atoms. The lowest BCUT2D eigenvalue weighted by atomic mass is 10.3. The molecule has 2 heterocycles. The zero-order valence-electron chi connectivity index (χ0n) is 6.28. The van der Waals surface area contributed by atoms with Crippen molar-refractivity contribution < 1.29 is 8.78 Å². The van der Waals surface area contributed by atoms with Gasteiger partial charge in [-0.15, -0.1) is 5.10 Å². The van der Waals surface area contributed by atoms with Crippen LogP contribution in [0.1, 0.15) is 12.0 Å². The summed E-state index contributed by atoms with van der Waals surface area (Å²) in [4.78, 5) is 3.94. The summed E-state index contributed by atoms with van der Waals surface area (Å²) in [5.74, 6) is 0. The Bertz CT molecular complexity index is 440. The van der Waals surface area contributed by atoms with Crippen LogP contribution in [0.5, 0.6) is 0 Å². The minimum absolute atomic E-state index is 0.0649. The number of hydrogen-bond acceptors (Lipinski definition) is 2. The van der Waals surface area contributed by atoms with Crippen LogP contribution in [0.3, 0.4) is 0 Å². The molecule has 68 valence electrons. The van der Waals surface area contributed by atoms with Gasteiger partial charge in [0.15, 0.2) is 5.65 Å². The molecule has 2 aromatic heterocycles. The fourth-order valence-electron chi connectivity index (χ4n) is 1.00. The summed E-state index contributed by atoms with van der Waals surface area (Å²) in [6.45, 7) is 0. The van der Waals surface area contributed by atoms with Crippen molar-refractivity contribution in [1.29, 1.82) is 0 Å². The molecule has 0 amide bonds. The first-order valence-electron chi connectivity index (χ1n) is 3.47. The summed E-state index contributed by atoms with van der Waals surface area (Å²) in [5.41, 5.74) is 0.473. The summed E-state index contributed by atoms with van der Waals surface area (Å²) in [6, 6.07) is 2.83. The summed E-state index contributed by atoms with van der Waals surface area (Å²) in [7, 11) is 0. The second-order valence-corrected chi connectivity index (χ2v) is 3.16. The Kier molecular flexibility index (Phi) is 1.99. The number of nitrogens with zero attached hydrogens (tertiary/aromatic N) is 3. The Morgan fingerprint density at radius 3 is 2.85 bits per heavy atom. The third kappa shape index (κ3) is 1.53. The van der Waals surface area contributed by atoms with Crippen LogP contribution in [-0.4, -0.2) is 14.6 Å². The molecule has 2 rings (SSSR count). The van der Waals surface area contributed by atoms with Gasteiger partial charge in [0, 0.05) is 11.8 Å². The normalized spacial score (nSPS) is 11.4. The molecule has 0 N–H and O–H groups in total. The van der Waals surface area contributed by atoms with Crippen molar-refractivity contribution in [2.24, 2.45) is 0 Å². The van der Waals surface area contributed by atoms with Gasteiger partial charge in [-0.05, 0) is 28.1 Å². The quantitative estimate of drug-likeness (QED) is 0.775. The molecule has 0 unspecified atom stereocenters. The van der Waals surface area contributed by atoms with E-state index in [4.69, 9.17) is 0 Å². The summed E-state index contributed by atoms with van der Waals surface area (Å²) >= 11 is 3.06. The second-order valence-electron chi connectivity index (χ2n) is 2.45. The van der Waals surface area contributed by atoms with Gasteiger partial charge in [-0.3, -0.25) is 0 Å². The maximum absolute atomic E-state index is 12.2. The van der Waals surface area contributed by atoms with Gasteiger partial charge in [0.05, 0.1) is 0 Å². The average Bonchev–Trinajstić information content (AvgIpc) is 2.42. The Hall–Kier alpha value is -1.04. The average molecular weight is 248 g/mol. The molecule has 3 nitrogen and oxygen atoms in total. The van der Waals surface area contributed by atoms with Crippen LogP contribution in [0.15, 0.2) is 23.1 Å². The van der Waals surface area contributed by atoms with Crippen molar-refractivity contribution in [3.63, 3.8) is 0 Å². The maximum Gasteiger partial charge on any atom is 0.265 e. The van der Waals surface area contributed by atoms with E-state index in [-0.39, 0.29) is 5.56 Å². The number of hydrogen-bond donors (Lipinski definition) is 0. The van der Waals surface area contributed by atoms with Crippen molar-refractivity contribution in [2.75, 3.05) is 0 Å². The molecule has 0 bridgehead atoms. The molecule has 0 radical (unpaired) electrons. The van der Waals surface area contributed by atoms with Crippen LogP contribution < -0.4 is 0 Å². The van der Waals surface area contributed by atoms with Gasteiger partial charge in [0.1, 0.15) is 0 Å². The zero-order valence-corrected chi connectivity index (χ0v) is 7.87. The standard InChI is InChI=1S/C7H4BrF2N3/c8-7-11-5-2-1-4(6(9)10)3-13(5)12-7/h1-3,6H. The minimum atomic E-state index is -2.48. The van der Waals surface area contributed by atoms with E-state index in [1.165, 1.54) is 22.8 Å². The van der Waals surface area contributed by atoms with Gasteiger partial charge in [-0.2, -0.15) is 0 Å². The predicted molar refractivity (Wildman–Crippen MR) is 45.6 cm³/mol. The van der Waals surface area contributed by atoms with Gasteiger partial charge in [0.2, 0.25) is 4.73 Å². The smallest absolute Gasteiger partial charge is 0.220 e. The van der Waals surface area contributed by atoms with Gasteiger partial charge in [-0.25, -0.2) is 18.3 Å². The SMILES string of the molecule is FC(F)c1ccc2nc(Br)nn2c1. The largest absolute Gasteiger partial charge is 0.265 e. The molecule has 0 saturated carbocycles. The first-order valence-corrected chi connectivity index (χ1v) is 4.26. The van der Waals surface area contributed by atoms with Gasteiger partial charge < -0.3 is 0 Å². The van der Waals surface area contributed by atoms with E-state index in [2.05, 4.69) is 26.0 Å². The topological polar surface area (TPSA) is 30.2 Å². The van der Waals surface area contributed by atoms with Crippen molar-refractivity contribution >= 4 is 21.6 Å².